The van der Waals surface area contributed by atoms with Crippen LogP contribution in [0.4, 0.5) is 5.69 Å². The molecular formula is C12H17N3O3S. The molecule has 3 N–H and O–H groups in total. The highest BCUT2D eigenvalue weighted by Crippen LogP contribution is 2.22. The number of esters is 1. The number of pyridine rings is 1. The minimum absolute atomic E-state index is 0.0764. The zero-order chi connectivity index (χ0) is 14.4. The Morgan fingerprint density at radius 2 is 2.21 bits per heavy atom. The Bertz CT molecular complexity index is 477. The fraction of sp³-hybridized carbons (Fsp3) is 0.417. The largest absolute Gasteiger partial charge is 0.465 e. The van der Waals surface area contributed by atoms with E-state index < -0.39 is 5.97 Å². The van der Waals surface area contributed by atoms with Crippen molar-refractivity contribution in [2.75, 3.05) is 18.6 Å². The van der Waals surface area contributed by atoms with Crippen LogP contribution < -0.4 is 11.1 Å². The summed E-state index contributed by atoms with van der Waals surface area (Å²) in [5.41, 5.74) is 6.22. The Balaban J connectivity index is 2.78. The van der Waals surface area contributed by atoms with Crippen LogP contribution in [0.15, 0.2) is 17.3 Å². The number of nitrogens with zero attached hydrogens (tertiary/aromatic N) is 1. The second kappa shape index (κ2) is 6.98. The monoisotopic (exact) mass is 283 g/mol. The first kappa shape index (κ1) is 15.3. The molecule has 0 aromatic carbocycles. The summed E-state index contributed by atoms with van der Waals surface area (Å²) in [6, 6.07) is 1.56. The average molecular weight is 283 g/mol. The molecule has 0 bridgehead atoms. The Morgan fingerprint density at radius 1 is 1.53 bits per heavy atom. The maximum Gasteiger partial charge on any atom is 0.340 e. The van der Waals surface area contributed by atoms with E-state index in [-0.39, 0.29) is 23.3 Å². The van der Waals surface area contributed by atoms with Gasteiger partial charge in [0.25, 0.3) is 0 Å². The molecule has 1 aromatic rings. The van der Waals surface area contributed by atoms with E-state index in [4.69, 9.17) is 5.73 Å². The molecule has 0 spiro atoms. The maximum atomic E-state index is 11.6. The summed E-state index contributed by atoms with van der Waals surface area (Å²) in [6.45, 7) is 3.76. The van der Waals surface area contributed by atoms with E-state index in [9.17, 15) is 9.59 Å². The molecule has 1 heterocycles. The van der Waals surface area contributed by atoms with Gasteiger partial charge in [0.1, 0.15) is 5.03 Å². The van der Waals surface area contributed by atoms with Gasteiger partial charge in [0, 0.05) is 6.04 Å². The highest BCUT2D eigenvalue weighted by atomic mass is 32.2. The molecule has 0 fully saturated rings. The molecule has 0 saturated heterocycles. The summed E-state index contributed by atoms with van der Waals surface area (Å²) in [4.78, 5) is 27.2. The van der Waals surface area contributed by atoms with Crippen LogP contribution in [0.25, 0.3) is 0 Å². The van der Waals surface area contributed by atoms with Crippen molar-refractivity contribution in [3.63, 3.8) is 0 Å². The lowest BCUT2D eigenvalue weighted by molar-refractivity contribution is -0.119. The van der Waals surface area contributed by atoms with Gasteiger partial charge in [0.2, 0.25) is 5.91 Å². The van der Waals surface area contributed by atoms with Crippen LogP contribution in [-0.2, 0) is 9.53 Å². The van der Waals surface area contributed by atoms with Crippen LogP contribution in [-0.4, -0.2) is 35.8 Å². The van der Waals surface area contributed by atoms with Crippen LogP contribution in [0.2, 0.25) is 0 Å². The molecule has 1 aromatic heterocycles. The topological polar surface area (TPSA) is 94.3 Å². The molecule has 104 valence electrons. The van der Waals surface area contributed by atoms with Crippen LogP contribution in [0.1, 0.15) is 24.2 Å². The highest BCUT2D eigenvalue weighted by molar-refractivity contribution is 8.00. The van der Waals surface area contributed by atoms with E-state index >= 15 is 0 Å². The van der Waals surface area contributed by atoms with Gasteiger partial charge < -0.3 is 15.8 Å². The molecule has 0 saturated carbocycles. The van der Waals surface area contributed by atoms with Gasteiger partial charge in [-0.15, -0.1) is 0 Å². The molecule has 0 radical (unpaired) electrons. The van der Waals surface area contributed by atoms with E-state index in [2.05, 4.69) is 15.0 Å². The number of amides is 1. The Kier molecular flexibility index (Phi) is 5.62. The Morgan fingerprint density at radius 3 is 2.79 bits per heavy atom. The SMILES string of the molecule is COC(=O)c1cc(N)cnc1SCC(=O)NC(C)C. The third kappa shape index (κ3) is 4.78. The van der Waals surface area contributed by atoms with Crippen molar-refractivity contribution < 1.29 is 14.3 Å². The molecule has 0 aliphatic rings. The molecule has 1 rings (SSSR count). The van der Waals surface area contributed by atoms with Crippen LogP contribution in [0, 0.1) is 0 Å². The number of hydrogen-bond donors (Lipinski definition) is 2. The fourth-order valence-electron chi connectivity index (χ4n) is 1.34. The minimum atomic E-state index is -0.522. The predicted octanol–water partition coefficient (Wildman–Crippen LogP) is 1.07. The number of methoxy groups -OCH3 is 1. The van der Waals surface area contributed by atoms with Crippen LogP contribution in [0.3, 0.4) is 0 Å². The molecule has 0 unspecified atom stereocenters. The number of aromatic nitrogens is 1. The zero-order valence-electron chi connectivity index (χ0n) is 11.1. The zero-order valence-corrected chi connectivity index (χ0v) is 11.9. The van der Waals surface area contributed by atoms with Gasteiger partial charge in [-0.3, -0.25) is 4.79 Å². The van der Waals surface area contributed by atoms with Crippen LogP contribution in [0.5, 0.6) is 0 Å². The quantitative estimate of drug-likeness (QED) is 0.620. The lowest BCUT2D eigenvalue weighted by Gasteiger charge is -2.09. The van der Waals surface area contributed by atoms with Crippen molar-refractivity contribution >= 4 is 29.3 Å². The number of anilines is 1. The van der Waals surface area contributed by atoms with E-state index in [1.54, 1.807) is 0 Å². The molecular weight excluding hydrogens is 266 g/mol. The summed E-state index contributed by atoms with van der Waals surface area (Å²) in [6.07, 6.45) is 1.44. The number of thioether (sulfide) groups is 1. The number of nitrogens with two attached hydrogens (primary N) is 1. The summed E-state index contributed by atoms with van der Waals surface area (Å²) < 4.78 is 4.65. The Labute approximate surface area is 116 Å². The van der Waals surface area contributed by atoms with Gasteiger partial charge in [-0.1, -0.05) is 11.8 Å². The second-order valence-electron chi connectivity index (χ2n) is 4.12. The first-order valence-corrected chi connectivity index (χ1v) is 6.68. The number of rotatable bonds is 5. The predicted molar refractivity (Wildman–Crippen MR) is 74.0 cm³/mol. The lowest BCUT2D eigenvalue weighted by Crippen LogP contribution is -2.31. The number of nitrogens with one attached hydrogen (secondary N) is 1. The lowest BCUT2D eigenvalue weighted by atomic mass is 10.3. The molecule has 19 heavy (non-hydrogen) atoms. The number of carbonyl (C=O) groups is 2. The van der Waals surface area contributed by atoms with E-state index in [1.165, 1.54) is 31.1 Å². The molecule has 6 nitrogen and oxygen atoms in total. The van der Waals surface area contributed by atoms with Crippen molar-refractivity contribution in [3.8, 4) is 0 Å². The van der Waals surface area contributed by atoms with Gasteiger partial charge in [-0.25, -0.2) is 9.78 Å². The average Bonchev–Trinajstić information content (AvgIpc) is 2.35. The first-order chi connectivity index (χ1) is 8.93. The number of ether oxygens (including phenoxy) is 1. The van der Waals surface area contributed by atoms with E-state index in [0.717, 1.165) is 0 Å². The summed E-state index contributed by atoms with van der Waals surface area (Å²) in [5, 5.41) is 3.19. The smallest absolute Gasteiger partial charge is 0.340 e. The summed E-state index contributed by atoms with van der Waals surface area (Å²) >= 11 is 1.17. The van der Waals surface area contributed by atoms with Crippen LogP contribution >= 0.6 is 11.8 Å². The first-order valence-electron chi connectivity index (χ1n) is 5.70. The van der Waals surface area contributed by atoms with E-state index in [0.29, 0.717) is 10.7 Å². The van der Waals surface area contributed by atoms with Crippen molar-refractivity contribution in [1.29, 1.82) is 0 Å². The summed E-state index contributed by atoms with van der Waals surface area (Å²) in [5.74, 6) is -0.458. The molecule has 7 heteroatoms. The molecule has 1 amide bonds. The fourth-order valence-corrected chi connectivity index (χ4v) is 2.11. The van der Waals surface area contributed by atoms with Gasteiger partial charge >= 0.3 is 5.97 Å². The summed E-state index contributed by atoms with van der Waals surface area (Å²) in [7, 11) is 1.28. The second-order valence-corrected chi connectivity index (χ2v) is 5.09. The molecule has 0 aliphatic carbocycles. The minimum Gasteiger partial charge on any atom is -0.465 e. The van der Waals surface area contributed by atoms with Gasteiger partial charge in [-0.2, -0.15) is 0 Å². The van der Waals surface area contributed by atoms with Gasteiger partial charge in [0.05, 0.1) is 30.3 Å². The van der Waals surface area contributed by atoms with Crippen molar-refractivity contribution in [2.45, 2.75) is 24.9 Å². The number of carbonyl (C=O) groups excluding carboxylic acids is 2. The number of hydrogen-bond acceptors (Lipinski definition) is 6. The van der Waals surface area contributed by atoms with Gasteiger partial charge in [-0.05, 0) is 19.9 Å². The van der Waals surface area contributed by atoms with Crippen molar-refractivity contribution in [3.05, 3.63) is 17.8 Å². The standard InChI is InChI=1S/C12H17N3O3S/c1-7(2)15-10(16)6-19-11-9(12(17)18-3)4-8(13)5-14-11/h4-5,7H,6,13H2,1-3H3,(H,15,16). The third-order valence-corrected chi connectivity index (χ3v) is 3.07. The molecule has 0 aliphatic heterocycles. The van der Waals surface area contributed by atoms with E-state index in [1.807, 2.05) is 13.8 Å². The van der Waals surface area contributed by atoms with Crippen molar-refractivity contribution in [1.82, 2.24) is 10.3 Å². The van der Waals surface area contributed by atoms with Gasteiger partial charge in [0.15, 0.2) is 0 Å². The van der Waals surface area contributed by atoms with Crippen molar-refractivity contribution in [2.24, 2.45) is 0 Å². The molecule has 0 atom stereocenters. The highest BCUT2D eigenvalue weighted by Gasteiger charge is 2.15. The Hall–Kier alpha value is -1.76. The normalized spacial score (nSPS) is 10.3. The number of nitrogen functional groups attached to an aromatic ring is 1. The third-order valence-electron chi connectivity index (χ3n) is 2.07. The maximum absolute atomic E-state index is 11.6.